The number of carbonyl (C=O) groups excluding carboxylic acids is 2. The minimum absolute atomic E-state index is 0.0403. The Labute approximate surface area is 195 Å². The van der Waals surface area contributed by atoms with Crippen LogP contribution in [0.15, 0.2) is 18.2 Å². The maximum absolute atomic E-state index is 13.2. The Hall–Kier alpha value is -2.38. The predicted octanol–water partition coefficient (Wildman–Crippen LogP) is 2.46. The van der Waals surface area contributed by atoms with Crippen LogP contribution >= 0.6 is 0 Å². The molecule has 1 saturated carbocycles. The zero-order chi connectivity index (χ0) is 22.5. The molecule has 1 N–H and O–H groups in total. The summed E-state index contributed by atoms with van der Waals surface area (Å²) in [6.07, 6.45) is 6.67. The fourth-order valence-electron chi connectivity index (χ4n) is 5.84. The molecule has 0 bridgehead atoms. The number of carbonyl (C=O) groups is 2. The van der Waals surface area contributed by atoms with Gasteiger partial charge in [0.2, 0.25) is 5.91 Å². The number of nitrogens with zero attached hydrogens (tertiary/aromatic N) is 3. The van der Waals surface area contributed by atoms with Crippen LogP contribution in [0, 0.1) is 5.92 Å². The van der Waals surface area contributed by atoms with Crippen molar-refractivity contribution in [2.45, 2.75) is 57.2 Å². The first kappa shape index (κ1) is 21.2. The van der Waals surface area contributed by atoms with Crippen LogP contribution in [0.5, 0.6) is 0 Å². The molecule has 6 rings (SSSR count). The van der Waals surface area contributed by atoms with E-state index < -0.39 is 0 Å². The van der Waals surface area contributed by atoms with Crippen LogP contribution < -0.4 is 5.32 Å². The zero-order valence-electron chi connectivity index (χ0n) is 19.5. The standard InChI is InChI=1S/C26H34N4O3/c1-28-23-7-4-17(26(32)30-14-18(15-30)25(31)27-19-5-6-19)13-21(23)22-16-29(10-8-24(22)28)20-3-2-11-33-12-9-20/h4,7,13,18-20H,2-3,5-6,8-12,14-16H2,1H3,(H,27,31). The number of amides is 2. The van der Waals surface area contributed by atoms with E-state index in [0.29, 0.717) is 25.2 Å². The molecular weight excluding hydrogens is 416 g/mol. The largest absolute Gasteiger partial charge is 0.381 e. The first-order valence-corrected chi connectivity index (χ1v) is 12.6. The third-order valence-corrected chi connectivity index (χ3v) is 8.08. The Kier molecular flexibility index (Phi) is 5.41. The average molecular weight is 451 g/mol. The van der Waals surface area contributed by atoms with Gasteiger partial charge in [-0.05, 0) is 55.9 Å². The molecule has 176 valence electrons. The monoisotopic (exact) mass is 450 g/mol. The van der Waals surface area contributed by atoms with Crippen LogP contribution in [0.1, 0.15) is 53.7 Å². The Balaban J connectivity index is 1.20. The normalized spacial score (nSPS) is 24.3. The Morgan fingerprint density at radius 2 is 1.94 bits per heavy atom. The second kappa shape index (κ2) is 8.44. The molecule has 2 aromatic rings. The maximum atomic E-state index is 13.2. The summed E-state index contributed by atoms with van der Waals surface area (Å²) in [7, 11) is 2.15. The number of hydrogen-bond acceptors (Lipinski definition) is 4. The lowest BCUT2D eigenvalue weighted by Crippen LogP contribution is -2.56. The van der Waals surface area contributed by atoms with Crippen molar-refractivity contribution in [1.29, 1.82) is 0 Å². The highest BCUT2D eigenvalue weighted by atomic mass is 16.5. The van der Waals surface area contributed by atoms with Gasteiger partial charge >= 0.3 is 0 Å². The SMILES string of the molecule is Cn1c2c(c3cc(C(=O)N4CC(C(=O)NC5CC5)C4)ccc31)CN(C1CCCOCC1)CC2. The minimum Gasteiger partial charge on any atom is -0.381 e. The molecule has 3 fully saturated rings. The summed E-state index contributed by atoms with van der Waals surface area (Å²) in [6, 6.07) is 7.10. The van der Waals surface area contributed by atoms with Crippen molar-refractivity contribution in [2.75, 3.05) is 32.8 Å². The summed E-state index contributed by atoms with van der Waals surface area (Å²) in [5.41, 5.74) is 4.71. The molecule has 0 radical (unpaired) electrons. The number of likely N-dealkylation sites (tertiary alicyclic amines) is 1. The summed E-state index contributed by atoms with van der Waals surface area (Å²) < 4.78 is 8.00. The van der Waals surface area contributed by atoms with Crippen molar-refractivity contribution in [1.82, 2.24) is 19.7 Å². The Bertz CT molecular complexity index is 1070. The molecule has 7 nitrogen and oxygen atoms in total. The summed E-state index contributed by atoms with van der Waals surface area (Å²) in [5.74, 6) is 0.0940. The molecule has 1 atom stereocenters. The highest BCUT2D eigenvalue weighted by Crippen LogP contribution is 2.33. The van der Waals surface area contributed by atoms with Crippen molar-refractivity contribution < 1.29 is 14.3 Å². The molecule has 1 aromatic carbocycles. The maximum Gasteiger partial charge on any atom is 0.253 e. The van der Waals surface area contributed by atoms with Crippen molar-refractivity contribution in [3.63, 3.8) is 0 Å². The second-order valence-electron chi connectivity index (χ2n) is 10.3. The second-order valence-corrected chi connectivity index (χ2v) is 10.3. The molecule has 4 heterocycles. The first-order chi connectivity index (χ1) is 16.1. The Morgan fingerprint density at radius 3 is 2.76 bits per heavy atom. The molecule has 4 aliphatic rings. The van der Waals surface area contributed by atoms with Gasteiger partial charge in [-0.25, -0.2) is 0 Å². The minimum atomic E-state index is -0.0557. The van der Waals surface area contributed by atoms with E-state index in [1.165, 1.54) is 28.6 Å². The van der Waals surface area contributed by atoms with E-state index in [0.717, 1.165) is 64.0 Å². The molecule has 0 spiro atoms. The molecule has 3 aliphatic heterocycles. The molecule has 33 heavy (non-hydrogen) atoms. The van der Waals surface area contributed by atoms with Gasteiger partial charge in [-0.2, -0.15) is 0 Å². The van der Waals surface area contributed by atoms with Crippen molar-refractivity contribution in [2.24, 2.45) is 13.0 Å². The van der Waals surface area contributed by atoms with Gasteiger partial charge in [0.25, 0.3) is 5.91 Å². The van der Waals surface area contributed by atoms with Crippen LogP contribution in [0.3, 0.4) is 0 Å². The number of fused-ring (bicyclic) bond motifs is 3. The lowest BCUT2D eigenvalue weighted by atomic mass is 9.96. The summed E-state index contributed by atoms with van der Waals surface area (Å²) >= 11 is 0. The number of benzene rings is 1. The lowest BCUT2D eigenvalue weighted by Gasteiger charge is -2.38. The number of aromatic nitrogens is 1. The van der Waals surface area contributed by atoms with E-state index in [-0.39, 0.29) is 17.7 Å². The molecule has 2 saturated heterocycles. The molecule has 1 aliphatic carbocycles. The Morgan fingerprint density at radius 1 is 1.09 bits per heavy atom. The number of nitrogens with one attached hydrogen (secondary N) is 1. The first-order valence-electron chi connectivity index (χ1n) is 12.6. The summed E-state index contributed by atoms with van der Waals surface area (Å²) in [5, 5.41) is 4.26. The van der Waals surface area contributed by atoms with Gasteiger partial charge in [-0.3, -0.25) is 14.5 Å². The molecule has 2 amide bonds. The van der Waals surface area contributed by atoms with Crippen molar-refractivity contribution in [3.8, 4) is 0 Å². The van der Waals surface area contributed by atoms with Gasteiger partial charge in [0.05, 0.1) is 5.92 Å². The number of hydrogen-bond donors (Lipinski definition) is 1. The van der Waals surface area contributed by atoms with Gasteiger partial charge in [0.15, 0.2) is 0 Å². The smallest absolute Gasteiger partial charge is 0.253 e. The quantitative estimate of drug-likeness (QED) is 0.777. The van der Waals surface area contributed by atoms with E-state index >= 15 is 0 Å². The molecule has 7 heteroatoms. The summed E-state index contributed by atoms with van der Waals surface area (Å²) in [4.78, 5) is 29.8. The lowest BCUT2D eigenvalue weighted by molar-refractivity contribution is -0.129. The third kappa shape index (κ3) is 3.95. The van der Waals surface area contributed by atoms with E-state index in [1.807, 2.05) is 11.0 Å². The van der Waals surface area contributed by atoms with E-state index in [4.69, 9.17) is 4.74 Å². The zero-order valence-corrected chi connectivity index (χ0v) is 19.5. The number of aryl methyl sites for hydroxylation is 1. The van der Waals surface area contributed by atoms with Gasteiger partial charge < -0.3 is 19.5 Å². The fraction of sp³-hybridized carbons (Fsp3) is 0.615. The van der Waals surface area contributed by atoms with E-state index in [2.05, 4.69) is 34.0 Å². The van der Waals surface area contributed by atoms with Crippen LogP contribution in [0.25, 0.3) is 10.9 Å². The predicted molar refractivity (Wildman–Crippen MR) is 126 cm³/mol. The fourth-order valence-corrected chi connectivity index (χ4v) is 5.84. The average Bonchev–Trinajstić information content (AvgIpc) is 3.60. The molecule has 1 unspecified atom stereocenters. The van der Waals surface area contributed by atoms with Crippen LogP contribution in [-0.4, -0.2) is 71.1 Å². The van der Waals surface area contributed by atoms with E-state index in [1.54, 1.807) is 0 Å². The van der Waals surface area contributed by atoms with E-state index in [9.17, 15) is 9.59 Å². The van der Waals surface area contributed by atoms with Crippen LogP contribution in [-0.2, 0) is 29.5 Å². The molecular formula is C26H34N4O3. The topological polar surface area (TPSA) is 66.8 Å². The van der Waals surface area contributed by atoms with Gasteiger partial charge in [-0.15, -0.1) is 0 Å². The molecule has 1 aromatic heterocycles. The van der Waals surface area contributed by atoms with Gasteiger partial charge in [0.1, 0.15) is 0 Å². The highest BCUT2D eigenvalue weighted by molar-refractivity contribution is 6.00. The van der Waals surface area contributed by atoms with Gasteiger partial charge in [-0.1, -0.05) is 0 Å². The number of rotatable bonds is 4. The number of ether oxygens (including phenoxy) is 1. The van der Waals surface area contributed by atoms with Crippen LogP contribution in [0.4, 0.5) is 0 Å². The van der Waals surface area contributed by atoms with Gasteiger partial charge in [0, 0.05) is 87.1 Å². The highest BCUT2D eigenvalue weighted by Gasteiger charge is 2.38. The summed E-state index contributed by atoms with van der Waals surface area (Å²) in [6.45, 7) is 4.83. The van der Waals surface area contributed by atoms with Crippen molar-refractivity contribution >= 4 is 22.7 Å². The van der Waals surface area contributed by atoms with Crippen molar-refractivity contribution in [3.05, 3.63) is 35.0 Å². The third-order valence-electron chi connectivity index (χ3n) is 8.08. The van der Waals surface area contributed by atoms with Crippen LogP contribution in [0.2, 0.25) is 0 Å².